The standard InChI is InChI=1S/C16H14ClNO2/c1-11(19)14-4-2-3-5-16(14)20-10-13-7-6-12(9-18)8-15(13)17/h2-8,11,19H,10H2,1H3/t11-/m1/s1. The van der Waals surface area contributed by atoms with E-state index in [2.05, 4.69) is 0 Å². The van der Waals surface area contributed by atoms with E-state index in [1.54, 1.807) is 31.2 Å². The lowest BCUT2D eigenvalue weighted by atomic mass is 10.1. The first kappa shape index (κ1) is 14.4. The molecule has 20 heavy (non-hydrogen) atoms. The van der Waals surface area contributed by atoms with Crippen molar-refractivity contribution >= 4 is 11.6 Å². The first-order valence-electron chi connectivity index (χ1n) is 6.20. The van der Waals surface area contributed by atoms with Gasteiger partial charge in [-0.05, 0) is 25.1 Å². The van der Waals surface area contributed by atoms with Gasteiger partial charge >= 0.3 is 0 Å². The molecular formula is C16H14ClNO2. The molecule has 0 unspecified atom stereocenters. The van der Waals surface area contributed by atoms with E-state index in [0.717, 1.165) is 11.1 Å². The summed E-state index contributed by atoms with van der Waals surface area (Å²) in [6.45, 7) is 1.98. The van der Waals surface area contributed by atoms with Crippen LogP contribution in [0.25, 0.3) is 0 Å². The predicted octanol–water partition coefficient (Wildman–Crippen LogP) is 3.84. The fourth-order valence-electron chi connectivity index (χ4n) is 1.85. The Morgan fingerprint density at radius 2 is 2.05 bits per heavy atom. The van der Waals surface area contributed by atoms with Crippen molar-refractivity contribution in [2.45, 2.75) is 19.6 Å². The maximum atomic E-state index is 9.68. The zero-order chi connectivity index (χ0) is 14.5. The third-order valence-electron chi connectivity index (χ3n) is 2.93. The summed E-state index contributed by atoms with van der Waals surface area (Å²) in [6.07, 6.45) is -0.595. The van der Waals surface area contributed by atoms with Crippen molar-refractivity contribution in [3.8, 4) is 11.8 Å². The number of aliphatic hydroxyl groups excluding tert-OH is 1. The van der Waals surface area contributed by atoms with Gasteiger partial charge in [0.25, 0.3) is 0 Å². The number of nitrogens with zero attached hydrogens (tertiary/aromatic N) is 1. The van der Waals surface area contributed by atoms with Crippen LogP contribution >= 0.6 is 11.6 Å². The van der Waals surface area contributed by atoms with Crippen molar-refractivity contribution in [3.63, 3.8) is 0 Å². The monoisotopic (exact) mass is 287 g/mol. The topological polar surface area (TPSA) is 53.2 Å². The zero-order valence-electron chi connectivity index (χ0n) is 11.0. The molecule has 0 aliphatic rings. The molecule has 0 radical (unpaired) electrons. The molecule has 0 heterocycles. The zero-order valence-corrected chi connectivity index (χ0v) is 11.8. The molecule has 1 N–H and O–H groups in total. The molecule has 0 saturated heterocycles. The molecule has 0 spiro atoms. The molecule has 2 aromatic carbocycles. The number of hydrogen-bond acceptors (Lipinski definition) is 3. The second kappa shape index (κ2) is 6.42. The smallest absolute Gasteiger partial charge is 0.125 e. The summed E-state index contributed by atoms with van der Waals surface area (Å²) in [5.74, 6) is 0.628. The van der Waals surface area contributed by atoms with E-state index in [-0.39, 0.29) is 6.61 Å². The van der Waals surface area contributed by atoms with Gasteiger partial charge in [0, 0.05) is 16.1 Å². The van der Waals surface area contributed by atoms with Gasteiger partial charge in [0.15, 0.2) is 0 Å². The maximum Gasteiger partial charge on any atom is 0.125 e. The fourth-order valence-corrected chi connectivity index (χ4v) is 2.08. The van der Waals surface area contributed by atoms with Crippen LogP contribution in [0.5, 0.6) is 5.75 Å². The van der Waals surface area contributed by atoms with Crippen LogP contribution in [-0.2, 0) is 6.61 Å². The van der Waals surface area contributed by atoms with Gasteiger partial charge in [0.05, 0.1) is 17.7 Å². The number of halogens is 1. The Bertz CT molecular complexity index is 647. The molecule has 0 amide bonds. The van der Waals surface area contributed by atoms with Crippen molar-refractivity contribution in [1.82, 2.24) is 0 Å². The molecule has 0 aromatic heterocycles. The van der Waals surface area contributed by atoms with E-state index in [1.807, 2.05) is 24.3 Å². The minimum absolute atomic E-state index is 0.286. The van der Waals surface area contributed by atoms with E-state index in [1.165, 1.54) is 0 Å². The van der Waals surface area contributed by atoms with Gasteiger partial charge in [0.1, 0.15) is 12.4 Å². The lowest BCUT2D eigenvalue weighted by Gasteiger charge is -2.13. The summed E-state index contributed by atoms with van der Waals surface area (Å²) in [6, 6.07) is 14.4. The first-order chi connectivity index (χ1) is 9.61. The highest BCUT2D eigenvalue weighted by molar-refractivity contribution is 6.31. The lowest BCUT2D eigenvalue weighted by Crippen LogP contribution is -2.01. The predicted molar refractivity (Wildman–Crippen MR) is 77.6 cm³/mol. The normalized spacial score (nSPS) is 11.7. The van der Waals surface area contributed by atoms with Crippen molar-refractivity contribution < 1.29 is 9.84 Å². The molecule has 0 saturated carbocycles. The molecule has 2 rings (SSSR count). The molecule has 0 aliphatic carbocycles. The Morgan fingerprint density at radius 1 is 1.30 bits per heavy atom. The number of benzene rings is 2. The molecule has 4 heteroatoms. The van der Waals surface area contributed by atoms with Crippen LogP contribution in [0.3, 0.4) is 0 Å². The highest BCUT2D eigenvalue weighted by atomic mass is 35.5. The SMILES string of the molecule is C[C@@H](O)c1ccccc1OCc1ccc(C#N)cc1Cl. The maximum absolute atomic E-state index is 9.68. The van der Waals surface area contributed by atoms with E-state index in [4.69, 9.17) is 21.6 Å². The molecule has 1 atom stereocenters. The second-order valence-electron chi connectivity index (χ2n) is 4.42. The highest BCUT2D eigenvalue weighted by Gasteiger charge is 2.09. The van der Waals surface area contributed by atoms with Crippen LogP contribution in [0.15, 0.2) is 42.5 Å². The number of ether oxygens (including phenoxy) is 1. The first-order valence-corrected chi connectivity index (χ1v) is 6.58. The summed E-state index contributed by atoms with van der Waals surface area (Å²) in [7, 11) is 0. The van der Waals surface area contributed by atoms with E-state index >= 15 is 0 Å². The summed E-state index contributed by atoms with van der Waals surface area (Å²) >= 11 is 6.10. The summed E-state index contributed by atoms with van der Waals surface area (Å²) in [4.78, 5) is 0. The van der Waals surface area contributed by atoms with Crippen molar-refractivity contribution in [3.05, 3.63) is 64.2 Å². The molecule has 0 aliphatic heterocycles. The van der Waals surface area contributed by atoms with Crippen LogP contribution in [0.4, 0.5) is 0 Å². The minimum Gasteiger partial charge on any atom is -0.488 e. The van der Waals surface area contributed by atoms with Gasteiger partial charge in [-0.2, -0.15) is 5.26 Å². The highest BCUT2D eigenvalue weighted by Crippen LogP contribution is 2.26. The van der Waals surface area contributed by atoms with Gasteiger partial charge in [-0.15, -0.1) is 0 Å². The average Bonchev–Trinajstić information content (AvgIpc) is 2.46. The Morgan fingerprint density at radius 3 is 2.70 bits per heavy atom. The van der Waals surface area contributed by atoms with Crippen LogP contribution in [0, 0.1) is 11.3 Å². The number of hydrogen-bond donors (Lipinski definition) is 1. The number of rotatable bonds is 4. The van der Waals surface area contributed by atoms with Crippen LogP contribution in [-0.4, -0.2) is 5.11 Å². The van der Waals surface area contributed by atoms with Crippen molar-refractivity contribution in [2.24, 2.45) is 0 Å². The average molecular weight is 288 g/mol. The molecule has 0 bridgehead atoms. The number of aliphatic hydroxyl groups is 1. The summed E-state index contributed by atoms with van der Waals surface area (Å²) < 4.78 is 5.71. The summed E-state index contributed by atoms with van der Waals surface area (Å²) in [5, 5.41) is 19.0. The van der Waals surface area contributed by atoms with Gasteiger partial charge in [-0.1, -0.05) is 35.9 Å². The van der Waals surface area contributed by atoms with Crippen molar-refractivity contribution in [2.75, 3.05) is 0 Å². The largest absolute Gasteiger partial charge is 0.488 e. The van der Waals surface area contributed by atoms with Gasteiger partial charge in [0.2, 0.25) is 0 Å². The Balaban J connectivity index is 2.15. The molecule has 0 fully saturated rings. The van der Waals surface area contributed by atoms with E-state index in [0.29, 0.717) is 16.3 Å². The number of para-hydroxylation sites is 1. The third kappa shape index (κ3) is 3.30. The summed E-state index contributed by atoms with van der Waals surface area (Å²) in [5.41, 5.74) is 2.05. The van der Waals surface area contributed by atoms with E-state index in [9.17, 15) is 5.11 Å². The molecular weight excluding hydrogens is 274 g/mol. The second-order valence-corrected chi connectivity index (χ2v) is 4.83. The third-order valence-corrected chi connectivity index (χ3v) is 3.29. The molecule has 2 aromatic rings. The number of nitriles is 1. The van der Waals surface area contributed by atoms with Gasteiger partial charge < -0.3 is 9.84 Å². The quantitative estimate of drug-likeness (QED) is 0.929. The fraction of sp³-hybridized carbons (Fsp3) is 0.188. The van der Waals surface area contributed by atoms with Gasteiger partial charge in [-0.25, -0.2) is 0 Å². The minimum atomic E-state index is -0.595. The van der Waals surface area contributed by atoms with E-state index < -0.39 is 6.10 Å². The van der Waals surface area contributed by atoms with Crippen LogP contribution in [0.1, 0.15) is 29.7 Å². The molecule has 102 valence electrons. The Hall–Kier alpha value is -2.02. The van der Waals surface area contributed by atoms with Crippen molar-refractivity contribution in [1.29, 1.82) is 5.26 Å². The van der Waals surface area contributed by atoms with Crippen LogP contribution in [0.2, 0.25) is 5.02 Å². The van der Waals surface area contributed by atoms with Gasteiger partial charge in [-0.3, -0.25) is 0 Å². The van der Waals surface area contributed by atoms with Crippen LogP contribution < -0.4 is 4.74 Å². The lowest BCUT2D eigenvalue weighted by molar-refractivity contribution is 0.190. The molecule has 3 nitrogen and oxygen atoms in total. The Labute approximate surface area is 123 Å². The Kier molecular flexibility index (Phi) is 4.62.